The normalized spacial score (nSPS) is 16.6. The molecule has 150 valence electrons. The summed E-state index contributed by atoms with van der Waals surface area (Å²) >= 11 is 0. The molecule has 0 fully saturated rings. The summed E-state index contributed by atoms with van der Waals surface area (Å²) in [6.07, 6.45) is 1.36. The predicted molar refractivity (Wildman–Crippen MR) is 106 cm³/mol. The lowest BCUT2D eigenvalue weighted by molar-refractivity contribution is 0.0138. The van der Waals surface area contributed by atoms with Crippen molar-refractivity contribution in [1.82, 2.24) is 9.47 Å². The molecule has 1 aliphatic heterocycles. The topological polar surface area (TPSA) is 97.8 Å². The Balaban J connectivity index is 2.07. The van der Waals surface area contributed by atoms with Crippen molar-refractivity contribution >= 4 is 12.0 Å². The largest absolute Gasteiger partial charge is 0.444 e. The smallest absolute Gasteiger partial charge is 0.410 e. The maximum Gasteiger partial charge on any atom is 0.410 e. The van der Waals surface area contributed by atoms with Crippen LogP contribution in [0.5, 0.6) is 0 Å². The summed E-state index contributed by atoms with van der Waals surface area (Å²) in [6.45, 7) is 7.67. The van der Waals surface area contributed by atoms with Gasteiger partial charge in [-0.2, -0.15) is 0 Å². The Bertz CT molecular complexity index is 911. The SMILES string of the molecule is Cc1cccc(-c2cn3c(c2C(N)=O)CN(C(=O)OC(C)(C)C)CC3CO)c1. The molecule has 0 spiro atoms. The second kappa shape index (κ2) is 7.31. The van der Waals surface area contributed by atoms with E-state index in [9.17, 15) is 14.7 Å². The number of nitrogens with zero attached hydrogens (tertiary/aromatic N) is 2. The maximum absolute atomic E-state index is 12.6. The number of primary amides is 1. The Kier molecular flexibility index (Phi) is 5.21. The van der Waals surface area contributed by atoms with Crippen LogP contribution < -0.4 is 5.73 Å². The fraction of sp³-hybridized carbons (Fsp3) is 0.429. The van der Waals surface area contributed by atoms with E-state index in [4.69, 9.17) is 10.5 Å². The number of aryl methyl sites for hydroxylation is 1. The molecule has 0 aliphatic carbocycles. The van der Waals surface area contributed by atoms with Gasteiger partial charge in [-0.25, -0.2) is 4.79 Å². The molecule has 2 heterocycles. The zero-order valence-corrected chi connectivity index (χ0v) is 16.7. The number of benzene rings is 1. The summed E-state index contributed by atoms with van der Waals surface area (Å²) in [4.78, 5) is 26.4. The zero-order valence-electron chi connectivity index (χ0n) is 16.7. The van der Waals surface area contributed by atoms with E-state index >= 15 is 0 Å². The highest BCUT2D eigenvalue weighted by Crippen LogP contribution is 2.34. The number of carbonyl (C=O) groups is 2. The Morgan fingerprint density at radius 2 is 2.04 bits per heavy atom. The lowest BCUT2D eigenvalue weighted by Crippen LogP contribution is -2.44. The molecule has 3 N–H and O–H groups in total. The number of aliphatic hydroxyl groups excluding tert-OH is 1. The number of hydrogen-bond donors (Lipinski definition) is 2. The molecule has 2 aromatic rings. The molecular formula is C21H27N3O4. The fourth-order valence-electron chi connectivity index (χ4n) is 3.56. The van der Waals surface area contributed by atoms with E-state index in [1.807, 2.05) is 42.0 Å². The van der Waals surface area contributed by atoms with Gasteiger partial charge in [0, 0.05) is 18.3 Å². The van der Waals surface area contributed by atoms with Gasteiger partial charge in [0.05, 0.1) is 30.5 Å². The summed E-state index contributed by atoms with van der Waals surface area (Å²) in [5, 5.41) is 9.91. The van der Waals surface area contributed by atoms with Crippen LogP contribution in [0, 0.1) is 6.92 Å². The van der Waals surface area contributed by atoms with Crippen LogP contribution in [0.4, 0.5) is 4.79 Å². The lowest BCUT2D eigenvalue weighted by Gasteiger charge is -2.35. The van der Waals surface area contributed by atoms with Crippen molar-refractivity contribution in [3.05, 3.63) is 47.3 Å². The van der Waals surface area contributed by atoms with Crippen LogP contribution in [0.1, 0.15) is 48.4 Å². The number of aromatic nitrogens is 1. The van der Waals surface area contributed by atoms with E-state index in [2.05, 4.69) is 0 Å². The van der Waals surface area contributed by atoms with Crippen molar-refractivity contribution in [1.29, 1.82) is 0 Å². The van der Waals surface area contributed by atoms with Crippen molar-refractivity contribution < 1.29 is 19.4 Å². The molecule has 7 heteroatoms. The van der Waals surface area contributed by atoms with Gasteiger partial charge in [-0.3, -0.25) is 4.79 Å². The molecule has 1 aromatic carbocycles. The summed E-state index contributed by atoms with van der Waals surface area (Å²) in [7, 11) is 0. The van der Waals surface area contributed by atoms with Gasteiger partial charge in [-0.15, -0.1) is 0 Å². The highest BCUT2D eigenvalue weighted by atomic mass is 16.6. The van der Waals surface area contributed by atoms with Crippen LogP contribution in [-0.2, 0) is 11.3 Å². The van der Waals surface area contributed by atoms with Gasteiger partial charge >= 0.3 is 6.09 Å². The molecule has 3 rings (SSSR count). The molecule has 1 aliphatic rings. The van der Waals surface area contributed by atoms with Crippen molar-refractivity contribution in [2.45, 2.75) is 45.9 Å². The summed E-state index contributed by atoms with van der Waals surface area (Å²) in [5.74, 6) is -0.562. The fourth-order valence-corrected chi connectivity index (χ4v) is 3.56. The highest BCUT2D eigenvalue weighted by molar-refractivity contribution is 6.01. The van der Waals surface area contributed by atoms with Gasteiger partial charge < -0.3 is 25.0 Å². The van der Waals surface area contributed by atoms with Crippen LogP contribution >= 0.6 is 0 Å². The molecule has 28 heavy (non-hydrogen) atoms. The van der Waals surface area contributed by atoms with Crippen LogP contribution in [0.2, 0.25) is 0 Å². The van der Waals surface area contributed by atoms with Crippen LogP contribution in [0.25, 0.3) is 11.1 Å². The van der Waals surface area contributed by atoms with Gasteiger partial charge in [-0.05, 0) is 33.3 Å². The molecule has 0 bridgehead atoms. The first-order chi connectivity index (χ1) is 13.1. The highest BCUT2D eigenvalue weighted by Gasteiger charge is 2.34. The Labute approximate surface area is 164 Å². The van der Waals surface area contributed by atoms with Gasteiger partial charge in [0.15, 0.2) is 0 Å². The Morgan fingerprint density at radius 1 is 1.32 bits per heavy atom. The third-order valence-corrected chi connectivity index (χ3v) is 4.74. The summed E-state index contributed by atoms with van der Waals surface area (Å²) in [5.41, 5.74) is 8.71. The maximum atomic E-state index is 12.6. The van der Waals surface area contributed by atoms with Crippen LogP contribution in [-0.4, -0.2) is 45.3 Å². The number of nitrogens with two attached hydrogens (primary N) is 1. The van der Waals surface area contributed by atoms with Crippen LogP contribution in [0.15, 0.2) is 30.5 Å². The molecule has 0 saturated carbocycles. The van der Waals surface area contributed by atoms with Crippen molar-refractivity contribution in [2.24, 2.45) is 5.73 Å². The average Bonchev–Trinajstić information content (AvgIpc) is 2.99. The third-order valence-electron chi connectivity index (χ3n) is 4.74. The van der Waals surface area contributed by atoms with E-state index in [1.165, 1.54) is 4.90 Å². The van der Waals surface area contributed by atoms with Gasteiger partial charge in [-0.1, -0.05) is 29.8 Å². The number of amides is 2. The quantitative estimate of drug-likeness (QED) is 0.849. The van der Waals surface area contributed by atoms with Gasteiger partial charge in [0.25, 0.3) is 5.91 Å². The molecule has 0 radical (unpaired) electrons. The zero-order chi connectivity index (χ0) is 20.6. The molecule has 1 aromatic heterocycles. The predicted octanol–water partition coefficient (Wildman–Crippen LogP) is 2.85. The van der Waals surface area contributed by atoms with E-state index in [0.717, 1.165) is 11.1 Å². The second-order valence-corrected chi connectivity index (χ2v) is 8.20. The van der Waals surface area contributed by atoms with E-state index in [1.54, 1.807) is 20.8 Å². The first-order valence-corrected chi connectivity index (χ1v) is 9.30. The number of carbonyl (C=O) groups excluding carboxylic acids is 2. The Hall–Kier alpha value is -2.80. The number of hydrogen-bond acceptors (Lipinski definition) is 4. The molecule has 1 unspecified atom stereocenters. The van der Waals surface area contributed by atoms with Crippen molar-refractivity contribution in [3.63, 3.8) is 0 Å². The number of rotatable bonds is 3. The minimum absolute atomic E-state index is 0.174. The molecule has 1 atom stereocenters. The molecule has 0 saturated heterocycles. The first kappa shape index (κ1) is 19.9. The standard InChI is InChI=1S/C21H27N3O4/c1-13-6-5-7-14(8-13)16-10-24-15(12-25)9-23(20(27)28-21(2,3)4)11-17(24)18(16)19(22)26/h5-8,10,15,25H,9,11-12H2,1-4H3,(H2,22,26). The number of ether oxygens (including phenoxy) is 1. The summed E-state index contributed by atoms with van der Waals surface area (Å²) < 4.78 is 7.33. The average molecular weight is 385 g/mol. The Morgan fingerprint density at radius 3 is 2.61 bits per heavy atom. The van der Waals surface area contributed by atoms with Crippen molar-refractivity contribution in [3.8, 4) is 11.1 Å². The van der Waals surface area contributed by atoms with Gasteiger partial charge in [0.1, 0.15) is 5.60 Å². The molecular weight excluding hydrogens is 358 g/mol. The lowest BCUT2D eigenvalue weighted by atomic mass is 10.0. The first-order valence-electron chi connectivity index (χ1n) is 9.30. The summed E-state index contributed by atoms with van der Waals surface area (Å²) in [6, 6.07) is 7.41. The van der Waals surface area contributed by atoms with Crippen LogP contribution in [0.3, 0.4) is 0 Å². The second-order valence-electron chi connectivity index (χ2n) is 8.20. The van der Waals surface area contributed by atoms with Gasteiger partial charge in [0.2, 0.25) is 0 Å². The number of fused-ring (bicyclic) bond motifs is 1. The molecule has 2 amide bonds. The van der Waals surface area contributed by atoms with E-state index in [0.29, 0.717) is 23.4 Å². The van der Waals surface area contributed by atoms with E-state index < -0.39 is 17.6 Å². The minimum Gasteiger partial charge on any atom is -0.444 e. The minimum atomic E-state index is -0.634. The molecule has 7 nitrogen and oxygen atoms in total. The van der Waals surface area contributed by atoms with Crippen molar-refractivity contribution in [2.75, 3.05) is 13.2 Å². The number of aliphatic hydroxyl groups is 1. The van der Waals surface area contributed by atoms with E-state index in [-0.39, 0.29) is 19.2 Å². The monoisotopic (exact) mass is 385 g/mol. The third kappa shape index (κ3) is 3.89.